The van der Waals surface area contributed by atoms with Gasteiger partial charge in [0, 0.05) is 0 Å². The Hall–Kier alpha value is -0.0105. The van der Waals surface area contributed by atoms with Crippen molar-refractivity contribution < 1.29 is 8.61 Å². The number of carbonyl (C=O) groups excluding carboxylic acids is 1. The molecule has 8 heavy (non-hydrogen) atoms. The molecule has 3 heteroatoms. The Balaban J connectivity index is 3.55. The van der Waals surface area contributed by atoms with Crippen molar-refractivity contribution in [2.45, 2.75) is 24.4 Å². The summed E-state index contributed by atoms with van der Waals surface area (Å²) in [6.45, 7) is 1.45. The van der Waals surface area contributed by atoms with E-state index in [1.165, 1.54) is 6.92 Å². The Morgan fingerprint density at radius 1 is 1.38 bits per heavy atom. The van der Waals surface area contributed by atoms with Crippen LogP contribution in [0.15, 0.2) is 0 Å². The molecule has 0 aromatic carbocycles. The van der Waals surface area contributed by atoms with Gasteiger partial charge in [-0.05, 0) is 0 Å². The molecular formula is C5H12O2Se. The molecule has 0 amide bonds. The van der Waals surface area contributed by atoms with Crippen LogP contribution in [0.25, 0.3) is 0 Å². The fraction of sp³-hybridized carbons (Fsp3) is 0.800. The molecule has 0 radical (unpaired) electrons. The van der Waals surface area contributed by atoms with Crippen molar-refractivity contribution >= 4 is 19.1 Å². The van der Waals surface area contributed by atoms with E-state index in [4.69, 9.17) is 3.82 Å². The fourth-order valence-electron chi connectivity index (χ4n) is 0.352. The van der Waals surface area contributed by atoms with Crippen LogP contribution in [0.3, 0.4) is 0 Å². The van der Waals surface area contributed by atoms with E-state index in [2.05, 4.69) is 0 Å². The number of hydrogen-bond donors (Lipinski definition) is 0. The van der Waals surface area contributed by atoms with Crippen molar-refractivity contribution in [3.05, 3.63) is 0 Å². The average Bonchev–Trinajstić information content (AvgIpc) is 1.21. The van der Waals surface area contributed by atoms with Gasteiger partial charge in [0.2, 0.25) is 0 Å². The number of rotatable bonds is 1. The zero-order chi connectivity index (χ0) is 6.78. The molecule has 0 heterocycles. The molecular weight excluding hydrogens is 171 g/mol. The van der Waals surface area contributed by atoms with Crippen molar-refractivity contribution in [2.75, 3.05) is 0 Å². The summed E-state index contributed by atoms with van der Waals surface area (Å²) in [5.41, 5.74) is 0. The van der Waals surface area contributed by atoms with Crippen molar-refractivity contribution in [3.63, 3.8) is 0 Å². The van der Waals surface area contributed by atoms with Gasteiger partial charge in [-0.25, -0.2) is 0 Å². The fourth-order valence-corrected chi connectivity index (χ4v) is 1.83. The van der Waals surface area contributed by atoms with Gasteiger partial charge in [-0.15, -0.1) is 0 Å². The van der Waals surface area contributed by atoms with Gasteiger partial charge in [-0.1, -0.05) is 0 Å². The van der Waals surface area contributed by atoms with E-state index in [-0.39, 0.29) is 5.97 Å². The molecule has 0 unspecified atom stereocenters. The van der Waals surface area contributed by atoms with Crippen LogP contribution in [0.1, 0.15) is 6.92 Å². The van der Waals surface area contributed by atoms with E-state index in [0.717, 1.165) is 0 Å². The summed E-state index contributed by atoms with van der Waals surface area (Å²) in [7, 11) is 0. The zero-order valence-electron chi connectivity index (χ0n) is 5.72. The molecule has 0 saturated heterocycles. The Morgan fingerprint density at radius 3 is 1.75 bits per heavy atom. The van der Waals surface area contributed by atoms with Crippen LogP contribution in [0.5, 0.6) is 0 Å². The molecule has 50 valence electrons. The van der Waals surface area contributed by atoms with Crippen LogP contribution in [0.4, 0.5) is 0 Å². The molecule has 0 aliphatic carbocycles. The van der Waals surface area contributed by atoms with E-state index < -0.39 is 13.2 Å². The molecule has 2 nitrogen and oxygen atoms in total. The van der Waals surface area contributed by atoms with Crippen LogP contribution >= 0.6 is 0 Å². The second-order valence-corrected chi connectivity index (χ2v) is 9.89. The minimum atomic E-state index is -1.73. The predicted octanol–water partition coefficient (Wildman–Crippen LogP) is 1.38. The van der Waals surface area contributed by atoms with Gasteiger partial charge in [0.1, 0.15) is 0 Å². The van der Waals surface area contributed by atoms with E-state index in [0.29, 0.717) is 0 Å². The van der Waals surface area contributed by atoms with Crippen LogP contribution in [0, 0.1) is 0 Å². The topological polar surface area (TPSA) is 26.3 Å². The molecule has 0 rings (SSSR count). The molecule has 0 fully saturated rings. The van der Waals surface area contributed by atoms with E-state index >= 15 is 0 Å². The van der Waals surface area contributed by atoms with Gasteiger partial charge >= 0.3 is 52.1 Å². The molecule has 0 bridgehead atoms. The second kappa shape index (κ2) is 2.51. The van der Waals surface area contributed by atoms with Gasteiger partial charge in [-0.3, -0.25) is 0 Å². The van der Waals surface area contributed by atoms with Gasteiger partial charge < -0.3 is 0 Å². The molecule has 0 aliphatic heterocycles. The Bertz CT molecular complexity index is 93.1. The first-order valence-corrected chi connectivity index (χ1v) is 8.14. The van der Waals surface area contributed by atoms with Crippen LogP contribution in [-0.4, -0.2) is 19.1 Å². The molecule has 0 N–H and O–H groups in total. The van der Waals surface area contributed by atoms with Crippen LogP contribution in [-0.2, 0) is 8.61 Å². The Labute approximate surface area is 52.8 Å². The first kappa shape index (κ1) is 7.99. The van der Waals surface area contributed by atoms with E-state index in [1.807, 2.05) is 17.5 Å². The maximum atomic E-state index is 10.3. The van der Waals surface area contributed by atoms with Crippen LogP contribution in [0.2, 0.25) is 17.5 Å². The number of hydrogen-bond acceptors (Lipinski definition) is 2. The normalized spacial score (nSPS) is 13.0. The van der Waals surface area contributed by atoms with Gasteiger partial charge in [0.15, 0.2) is 0 Å². The number of carbonyl (C=O) groups is 1. The molecule has 0 spiro atoms. The summed E-state index contributed by atoms with van der Waals surface area (Å²) < 4.78 is 4.95. The summed E-state index contributed by atoms with van der Waals surface area (Å²) >= 11 is -1.73. The first-order chi connectivity index (χ1) is 3.42. The van der Waals surface area contributed by atoms with Crippen molar-refractivity contribution in [1.29, 1.82) is 0 Å². The molecule has 0 atom stereocenters. The average molecular weight is 183 g/mol. The third-order valence-corrected chi connectivity index (χ3v) is 1.91. The van der Waals surface area contributed by atoms with Crippen molar-refractivity contribution in [1.82, 2.24) is 0 Å². The zero-order valence-corrected chi connectivity index (χ0v) is 7.44. The quantitative estimate of drug-likeness (QED) is 0.574. The molecule has 0 aliphatic rings. The van der Waals surface area contributed by atoms with Crippen molar-refractivity contribution in [2.24, 2.45) is 0 Å². The first-order valence-electron chi connectivity index (χ1n) is 2.30. The summed E-state index contributed by atoms with van der Waals surface area (Å²) in [5, 5.41) is 0. The summed E-state index contributed by atoms with van der Waals surface area (Å²) in [6, 6.07) is 0. The Kier molecular flexibility index (Phi) is 2.51. The third kappa shape index (κ3) is 5.99. The second-order valence-electron chi connectivity index (χ2n) is 2.30. The molecule has 0 aromatic rings. The summed E-state index contributed by atoms with van der Waals surface area (Å²) in [6.07, 6.45) is 0. The standard InChI is InChI=1S/C5H12O2Se/c1-5(6)7-8(2,3)4/h1-4H3. The van der Waals surface area contributed by atoms with E-state index in [1.54, 1.807) is 0 Å². The SMILES string of the molecule is CC(=O)O[Se](C)(C)C. The monoisotopic (exact) mass is 184 g/mol. The van der Waals surface area contributed by atoms with Gasteiger partial charge in [0.05, 0.1) is 0 Å². The summed E-state index contributed by atoms with van der Waals surface area (Å²) in [4.78, 5) is 10.3. The van der Waals surface area contributed by atoms with E-state index in [9.17, 15) is 4.79 Å². The minimum absolute atomic E-state index is 0.155. The predicted molar refractivity (Wildman–Crippen MR) is 35.1 cm³/mol. The molecule has 0 saturated carbocycles. The third-order valence-electron chi connectivity index (χ3n) is 0.367. The maximum absolute atomic E-state index is 10.3. The Morgan fingerprint density at radius 2 is 1.75 bits per heavy atom. The summed E-state index contributed by atoms with van der Waals surface area (Å²) in [5.74, 6) is 5.84. The van der Waals surface area contributed by atoms with Crippen LogP contribution < -0.4 is 0 Å². The van der Waals surface area contributed by atoms with Crippen molar-refractivity contribution in [3.8, 4) is 0 Å². The van der Waals surface area contributed by atoms with Gasteiger partial charge in [-0.2, -0.15) is 0 Å². The molecule has 0 aromatic heterocycles. The van der Waals surface area contributed by atoms with Gasteiger partial charge in [0.25, 0.3) is 0 Å².